The average Bonchev–Trinajstić information content (AvgIpc) is 2.39. The molecule has 1 N–H and O–H groups in total. The van der Waals surface area contributed by atoms with Gasteiger partial charge in [0.2, 0.25) is 5.91 Å². The molecule has 0 bridgehead atoms. The topological polar surface area (TPSA) is 58.6 Å². The lowest BCUT2D eigenvalue weighted by Crippen LogP contribution is -2.40. The summed E-state index contributed by atoms with van der Waals surface area (Å²) in [4.78, 5) is 22.4. The molecule has 0 fully saturated rings. The van der Waals surface area contributed by atoms with E-state index in [1.54, 1.807) is 19.2 Å². The predicted molar refractivity (Wildman–Crippen MR) is 67.9 cm³/mol. The van der Waals surface area contributed by atoms with Gasteiger partial charge in [0.1, 0.15) is 0 Å². The van der Waals surface area contributed by atoms with Crippen LogP contribution in [0.3, 0.4) is 0 Å². The molecule has 0 spiro atoms. The van der Waals surface area contributed by atoms with Gasteiger partial charge < -0.3 is 4.74 Å². The number of nitrogens with zero attached hydrogens (tertiary/aromatic N) is 1. The summed E-state index contributed by atoms with van der Waals surface area (Å²) >= 11 is 0. The van der Waals surface area contributed by atoms with E-state index in [1.165, 1.54) is 19.0 Å². The quantitative estimate of drug-likeness (QED) is 0.625. The molecule has 0 unspecified atom stereocenters. The van der Waals surface area contributed by atoms with Gasteiger partial charge in [-0.3, -0.25) is 9.80 Å². The van der Waals surface area contributed by atoms with Gasteiger partial charge in [-0.25, -0.2) is 10.2 Å². The van der Waals surface area contributed by atoms with Crippen LogP contribution in [0.15, 0.2) is 24.3 Å². The maximum atomic E-state index is 11.2. The minimum absolute atomic E-state index is 0.0244. The van der Waals surface area contributed by atoms with E-state index in [1.807, 2.05) is 12.1 Å². The summed E-state index contributed by atoms with van der Waals surface area (Å²) < 4.78 is 4.62. The molecule has 0 atom stereocenters. The molecular formula is C13H18N2O3. The van der Waals surface area contributed by atoms with Crippen molar-refractivity contribution in [1.29, 1.82) is 0 Å². The number of benzene rings is 1. The number of rotatable bonds is 5. The number of ether oxygens (including phenoxy) is 1. The molecule has 1 aromatic rings. The number of esters is 1. The van der Waals surface area contributed by atoms with Crippen molar-refractivity contribution in [3.8, 4) is 0 Å². The number of amides is 1. The summed E-state index contributed by atoms with van der Waals surface area (Å²) in [6.45, 7) is 2.10. The molecule has 0 aliphatic carbocycles. The molecular weight excluding hydrogens is 232 g/mol. The first-order valence-corrected chi connectivity index (χ1v) is 5.71. The molecule has 0 radical (unpaired) electrons. The van der Waals surface area contributed by atoms with E-state index in [-0.39, 0.29) is 11.9 Å². The van der Waals surface area contributed by atoms with Gasteiger partial charge in [-0.1, -0.05) is 12.1 Å². The van der Waals surface area contributed by atoms with Gasteiger partial charge >= 0.3 is 5.97 Å². The maximum Gasteiger partial charge on any atom is 0.337 e. The summed E-state index contributed by atoms with van der Waals surface area (Å²) in [6, 6.07) is 7.16. The smallest absolute Gasteiger partial charge is 0.337 e. The Labute approximate surface area is 107 Å². The number of hydrazine groups is 1. The van der Waals surface area contributed by atoms with Gasteiger partial charge in [-0.15, -0.1) is 0 Å². The van der Waals surface area contributed by atoms with Gasteiger partial charge in [-0.2, -0.15) is 0 Å². The van der Waals surface area contributed by atoms with E-state index in [2.05, 4.69) is 10.2 Å². The van der Waals surface area contributed by atoms with Gasteiger partial charge in [-0.05, 0) is 24.1 Å². The van der Waals surface area contributed by atoms with Gasteiger partial charge in [0, 0.05) is 20.5 Å². The molecule has 0 aromatic heterocycles. The van der Waals surface area contributed by atoms with E-state index < -0.39 is 0 Å². The number of nitrogens with one attached hydrogen (secondary N) is 1. The predicted octanol–water partition coefficient (Wildman–Crippen LogP) is 0.999. The van der Waals surface area contributed by atoms with Crippen molar-refractivity contribution in [2.24, 2.45) is 0 Å². The van der Waals surface area contributed by atoms with Gasteiger partial charge in [0.15, 0.2) is 0 Å². The van der Waals surface area contributed by atoms with Crippen molar-refractivity contribution >= 4 is 11.9 Å². The Morgan fingerprint density at radius 3 is 2.33 bits per heavy atom. The highest BCUT2D eigenvalue weighted by Gasteiger charge is 2.07. The number of methoxy groups -OCH3 is 1. The summed E-state index contributed by atoms with van der Waals surface area (Å²) in [5, 5.41) is 1.54. The Kier molecular flexibility index (Phi) is 5.32. The average molecular weight is 250 g/mol. The first kappa shape index (κ1) is 14.2. The fourth-order valence-corrected chi connectivity index (χ4v) is 1.59. The van der Waals surface area contributed by atoms with Crippen LogP contribution in [0.5, 0.6) is 0 Å². The SMILES string of the molecule is CNN(CCc1ccc(C(=O)OC)cc1)C(C)=O. The monoisotopic (exact) mass is 250 g/mol. The second kappa shape index (κ2) is 6.76. The van der Waals surface area contributed by atoms with E-state index in [0.717, 1.165) is 12.0 Å². The highest BCUT2D eigenvalue weighted by atomic mass is 16.5. The van der Waals surface area contributed by atoms with Crippen LogP contribution in [-0.2, 0) is 16.0 Å². The lowest BCUT2D eigenvalue weighted by molar-refractivity contribution is -0.131. The Hall–Kier alpha value is -1.88. The molecule has 0 aliphatic heterocycles. The number of carbonyl (C=O) groups is 2. The van der Waals surface area contributed by atoms with Crippen LogP contribution in [-0.4, -0.2) is 37.6 Å². The van der Waals surface area contributed by atoms with Crippen molar-refractivity contribution in [1.82, 2.24) is 10.4 Å². The second-order valence-electron chi connectivity index (χ2n) is 3.83. The number of hydrogen-bond acceptors (Lipinski definition) is 4. The van der Waals surface area contributed by atoms with Crippen LogP contribution in [0, 0.1) is 0 Å². The third kappa shape index (κ3) is 3.85. The lowest BCUT2D eigenvalue weighted by Gasteiger charge is -2.19. The van der Waals surface area contributed by atoms with E-state index in [4.69, 9.17) is 0 Å². The van der Waals surface area contributed by atoms with Crippen LogP contribution in [0.4, 0.5) is 0 Å². The zero-order valence-electron chi connectivity index (χ0n) is 10.9. The molecule has 0 saturated carbocycles. The molecule has 1 rings (SSSR count). The van der Waals surface area contributed by atoms with Crippen LogP contribution < -0.4 is 5.43 Å². The Morgan fingerprint density at radius 1 is 1.28 bits per heavy atom. The third-order valence-corrected chi connectivity index (χ3v) is 2.65. The Bertz CT molecular complexity index is 415. The standard InChI is InChI=1S/C13H18N2O3/c1-10(16)15(14-2)9-8-11-4-6-12(7-5-11)13(17)18-3/h4-7,14H,8-9H2,1-3H3. The Balaban J connectivity index is 2.58. The summed E-state index contributed by atoms with van der Waals surface area (Å²) in [5.41, 5.74) is 4.41. The zero-order valence-corrected chi connectivity index (χ0v) is 10.9. The molecule has 18 heavy (non-hydrogen) atoms. The molecule has 1 amide bonds. The minimum Gasteiger partial charge on any atom is -0.465 e. The van der Waals surface area contributed by atoms with Crippen LogP contribution in [0.1, 0.15) is 22.8 Å². The Morgan fingerprint density at radius 2 is 1.89 bits per heavy atom. The summed E-state index contributed by atoms with van der Waals surface area (Å²) in [5.74, 6) is -0.370. The molecule has 98 valence electrons. The normalized spacial score (nSPS) is 9.94. The zero-order chi connectivity index (χ0) is 13.5. The molecule has 5 heteroatoms. The molecule has 0 heterocycles. The molecule has 5 nitrogen and oxygen atoms in total. The highest BCUT2D eigenvalue weighted by Crippen LogP contribution is 2.06. The van der Waals surface area contributed by atoms with E-state index >= 15 is 0 Å². The van der Waals surface area contributed by atoms with E-state index in [0.29, 0.717) is 12.1 Å². The maximum absolute atomic E-state index is 11.2. The largest absolute Gasteiger partial charge is 0.465 e. The molecule has 0 aliphatic rings. The van der Waals surface area contributed by atoms with Crippen LogP contribution >= 0.6 is 0 Å². The molecule has 1 aromatic carbocycles. The fourth-order valence-electron chi connectivity index (χ4n) is 1.59. The van der Waals surface area contributed by atoms with Crippen molar-refractivity contribution < 1.29 is 14.3 Å². The van der Waals surface area contributed by atoms with Crippen molar-refractivity contribution in [2.45, 2.75) is 13.3 Å². The van der Waals surface area contributed by atoms with Crippen LogP contribution in [0.25, 0.3) is 0 Å². The molecule has 0 saturated heterocycles. The lowest BCUT2D eigenvalue weighted by atomic mass is 10.1. The van der Waals surface area contributed by atoms with Gasteiger partial charge in [0.05, 0.1) is 12.7 Å². The van der Waals surface area contributed by atoms with Crippen molar-refractivity contribution in [2.75, 3.05) is 20.7 Å². The summed E-state index contributed by atoms with van der Waals surface area (Å²) in [7, 11) is 3.07. The number of carbonyl (C=O) groups excluding carboxylic acids is 2. The highest BCUT2D eigenvalue weighted by molar-refractivity contribution is 5.89. The van der Waals surface area contributed by atoms with Crippen molar-refractivity contribution in [3.05, 3.63) is 35.4 Å². The van der Waals surface area contributed by atoms with Crippen molar-refractivity contribution in [3.63, 3.8) is 0 Å². The third-order valence-electron chi connectivity index (χ3n) is 2.65. The van der Waals surface area contributed by atoms with Crippen LogP contribution in [0.2, 0.25) is 0 Å². The fraction of sp³-hybridized carbons (Fsp3) is 0.385. The number of hydrogen-bond donors (Lipinski definition) is 1. The first-order valence-electron chi connectivity index (χ1n) is 5.71. The summed E-state index contributed by atoms with van der Waals surface area (Å²) in [6.07, 6.45) is 0.724. The van der Waals surface area contributed by atoms with Gasteiger partial charge in [0.25, 0.3) is 0 Å². The second-order valence-corrected chi connectivity index (χ2v) is 3.83. The first-order chi connectivity index (χ1) is 8.58. The van der Waals surface area contributed by atoms with E-state index in [9.17, 15) is 9.59 Å². The minimum atomic E-state index is -0.345.